The largest absolute Gasteiger partial charge is 0.466 e. The van der Waals surface area contributed by atoms with Crippen LogP contribution in [0.4, 0.5) is 5.69 Å². The molecule has 1 aliphatic carbocycles. The fraction of sp³-hybridized carbons (Fsp3) is 0.500. The minimum absolute atomic E-state index is 0.147. The van der Waals surface area contributed by atoms with Crippen molar-refractivity contribution >= 4 is 34.2 Å². The number of likely N-dealkylation sites (tertiary alicyclic amines) is 1. The van der Waals surface area contributed by atoms with E-state index in [-0.39, 0.29) is 36.9 Å². The van der Waals surface area contributed by atoms with Crippen molar-refractivity contribution < 1.29 is 24.2 Å². The summed E-state index contributed by atoms with van der Waals surface area (Å²) in [6, 6.07) is 12.2. The number of carbonyl (C=O) groups excluding carboxylic acids is 3. The van der Waals surface area contributed by atoms with E-state index in [0.717, 1.165) is 10.8 Å². The van der Waals surface area contributed by atoms with Gasteiger partial charge in [-0.3, -0.25) is 14.4 Å². The minimum Gasteiger partial charge on any atom is -0.466 e. The molecule has 1 aliphatic heterocycles. The van der Waals surface area contributed by atoms with Crippen molar-refractivity contribution in [1.29, 1.82) is 0 Å². The van der Waals surface area contributed by atoms with Gasteiger partial charge in [0.05, 0.1) is 31.1 Å². The molecule has 2 N–H and O–H groups in total. The normalized spacial score (nSPS) is 25.8. The van der Waals surface area contributed by atoms with Crippen molar-refractivity contribution in [3.8, 4) is 0 Å². The van der Waals surface area contributed by atoms with Crippen LogP contribution in [-0.4, -0.2) is 53.1 Å². The zero-order chi connectivity index (χ0) is 26.7. The molecule has 0 saturated carbocycles. The SMILES string of the molecule is CCOC(=O)[C@H]1[C@H]2C(=O)N([C@@H](CO)CC(C)C)[C@H](C(=O)Nc3ccc4ccccc4c3)[C@H]2C=C[C@H]1CC. The van der Waals surface area contributed by atoms with E-state index in [1.165, 1.54) is 0 Å². The number of aliphatic hydroxyl groups is 1. The number of rotatable bonds is 9. The number of nitrogens with zero attached hydrogens (tertiary/aromatic N) is 1. The summed E-state index contributed by atoms with van der Waals surface area (Å²) in [7, 11) is 0. The van der Waals surface area contributed by atoms with E-state index in [1.807, 2.05) is 75.4 Å². The van der Waals surface area contributed by atoms with E-state index in [0.29, 0.717) is 18.5 Å². The summed E-state index contributed by atoms with van der Waals surface area (Å²) in [6.07, 6.45) is 5.12. The third-order valence-corrected chi connectivity index (χ3v) is 7.71. The van der Waals surface area contributed by atoms with E-state index in [4.69, 9.17) is 4.74 Å². The monoisotopic (exact) mass is 506 g/mol. The second kappa shape index (κ2) is 11.5. The number of carbonyl (C=O) groups is 3. The molecular formula is C30H38N2O5. The fourth-order valence-corrected chi connectivity index (χ4v) is 6.09. The van der Waals surface area contributed by atoms with Crippen LogP contribution in [0.25, 0.3) is 10.8 Å². The van der Waals surface area contributed by atoms with Crippen LogP contribution >= 0.6 is 0 Å². The molecule has 2 aromatic rings. The predicted molar refractivity (Wildman–Crippen MR) is 144 cm³/mol. The van der Waals surface area contributed by atoms with Gasteiger partial charge in [-0.25, -0.2) is 0 Å². The molecule has 37 heavy (non-hydrogen) atoms. The van der Waals surface area contributed by atoms with Gasteiger partial charge in [-0.05, 0) is 54.5 Å². The van der Waals surface area contributed by atoms with Gasteiger partial charge < -0.3 is 20.1 Å². The summed E-state index contributed by atoms with van der Waals surface area (Å²) < 4.78 is 5.40. The number of fused-ring (bicyclic) bond motifs is 2. The molecule has 2 aliphatic rings. The molecule has 198 valence electrons. The lowest BCUT2D eigenvalue weighted by Gasteiger charge is -2.34. The highest BCUT2D eigenvalue weighted by Crippen LogP contribution is 2.46. The van der Waals surface area contributed by atoms with Gasteiger partial charge in [0.15, 0.2) is 0 Å². The number of allylic oxidation sites excluding steroid dienone is 1. The first kappa shape index (κ1) is 26.9. The van der Waals surface area contributed by atoms with Crippen molar-refractivity contribution in [3.63, 3.8) is 0 Å². The van der Waals surface area contributed by atoms with Crippen LogP contribution in [0.3, 0.4) is 0 Å². The molecule has 0 radical (unpaired) electrons. The van der Waals surface area contributed by atoms with Gasteiger partial charge in [0.1, 0.15) is 6.04 Å². The molecule has 7 heteroatoms. The van der Waals surface area contributed by atoms with Crippen molar-refractivity contribution in [3.05, 3.63) is 54.6 Å². The van der Waals surface area contributed by atoms with Gasteiger partial charge in [-0.15, -0.1) is 0 Å². The first-order valence-electron chi connectivity index (χ1n) is 13.4. The fourth-order valence-electron chi connectivity index (χ4n) is 6.09. The average Bonchev–Trinajstić information content (AvgIpc) is 3.18. The first-order valence-corrected chi connectivity index (χ1v) is 13.4. The molecule has 2 aromatic carbocycles. The van der Waals surface area contributed by atoms with Crippen molar-refractivity contribution in [1.82, 2.24) is 4.90 Å². The van der Waals surface area contributed by atoms with Crippen LogP contribution in [0.5, 0.6) is 0 Å². The second-order valence-corrected chi connectivity index (χ2v) is 10.5. The van der Waals surface area contributed by atoms with Crippen molar-refractivity contribution in [2.45, 2.75) is 52.6 Å². The van der Waals surface area contributed by atoms with E-state index < -0.39 is 35.8 Å². The van der Waals surface area contributed by atoms with Gasteiger partial charge in [-0.2, -0.15) is 0 Å². The second-order valence-electron chi connectivity index (χ2n) is 10.5. The predicted octanol–water partition coefficient (Wildman–Crippen LogP) is 4.40. The molecular weight excluding hydrogens is 468 g/mol. The zero-order valence-corrected chi connectivity index (χ0v) is 22.1. The Labute approximate surface area is 218 Å². The van der Waals surface area contributed by atoms with Crippen LogP contribution in [0, 0.1) is 29.6 Å². The van der Waals surface area contributed by atoms with Gasteiger partial charge in [-0.1, -0.05) is 63.3 Å². The maximum Gasteiger partial charge on any atom is 0.310 e. The minimum atomic E-state index is -0.842. The van der Waals surface area contributed by atoms with Gasteiger partial charge in [0.2, 0.25) is 11.8 Å². The maximum absolute atomic E-state index is 14.0. The highest BCUT2D eigenvalue weighted by molar-refractivity contribution is 6.02. The van der Waals surface area contributed by atoms with Crippen LogP contribution in [0.15, 0.2) is 54.6 Å². The topological polar surface area (TPSA) is 95.9 Å². The molecule has 0 bridgehead atoms. The summed E-state index contributed by atoms with van der Waals surface area (Å²) in [5.74, 6) is -2.78. The Morgan fingerprint density at radius 1 is 1.08 bits per heavy atom. The number of ether oxygens (including phenoxy) is 1. The number of aliphatic hydroxyl groups excluding tert-OH is 1. The number of esters is 1. The van der Waals surface area contributed by atoms with Crippen LogP contribution in [0.1, 0.15) is 40.5 Å². The third kappa shape index (κ3) is 5.28. The molecule has 6 atom stereocenters. The third-order valence-electron chi connectivity index (χ3n) is 7.71. The van der Waals surface area contributed by atoms with Gasteiger partial charge >= 0.3 is 5.97 Å². The Hall–Kier alpha value is -3.19. The highest BCUT2D eigenvalue weighted by Gasteiger charge is 2.58. The Morgan fingerprint density at radius 3 is 2.46 bits per heavy atom. The number of hydrogen-bond donors (Lipinski definition) is 2. The average molecular weight is 507 g/mol. The Morgan fingerprint density at radius 2 is 1.81 bits per heavy atom. The van der Waals surface area contributed by atoms with Crippen molar-refractivity contribution in [2.75, 3.05) is 18.5 Å². The highest BCUT2D eigenvalue weighted by atomic mass is 16.5. The molecule has 1 fully saturated rings. The van der Waals surface area contributed by atoms with E-state index in [2.05, 4.69) is 5.32 Å². The molecule has 2 amide bonds. The Bertz CT molecular complexity index is 1180. The molecule has 4 rings (SSSR count). The number of anilines is 1. The summed E-state index contributed by atoms with van der Waals surface area (Å²) in [5, 5.41) is 15.4. The Kier molecular flexibility index (Phi) is 8.32. The lowest BCUT2D eigenvalue weighted by Crippen LogP contribution is -2.51. The number of benzene rings is 2. The molecule has 7 nitrogen and oxygen atoms in total. The number of nitrogens with one attached hydrogen (secondary N) is 1. The molecule has 1 saturated heterocycles. The standard InChI is InChI=1S/C30H38N2O5/c1-5-19-12-14-24-26(25(19)30(36)37-6-2)29(35)32(23(17-33)15-18(3)4)27(24)28(34)31-22-13-11-20-9-7-8-10-21(20)16-22/h7-14,16,18-19,23-27,33H,5-6,15,17H2,1-4H3,(H,31,34)/t19-,23-,24+,25-,26+,27+/m1/s1. The summed E-state index contributed by atoms with van der Waals surface area (Å²) in [5.41, 5.74) is 0.636. The zero-order valence-electron chi connectivity index (χ0n) is 22.1. The molecule has 0 aromatic heterocycles. The van der Waals surface area contributed by atoms with Crippen LogP contribution in [0.2, 0.25) is 0 Å². The molecule has 1 heterocycles. The smallest absolute Gasteiger partial charge is 0.310 e. The van der Waals surface area contributed by atoms with Crippen molar-refractivity contribution in [2.24, 2.45) is 29.6 Å². The molecule has 0 unspecified atom stereocenters. The summed E-state index contributed by atoms with van der Waals surface area (Å²) >= 11 is 0. The van der Waals surface area contributed by atoms with E-state index in [9.17, 15) is 19.5 Å². The van der Waals surface area contributed by atoms with E-state index >= 15 is 0 Å². The summed E-state index contributed by atoms with van der Waals surface area (Å²) in [4.78, 5) is 42.6. The van der Waals surface area contributed by atoms with Crippen LogP contribution in [-0.2, 0) is 19.1 Å². The van der Waals surface area contributed by atoms with Gasteiger partial charge in [0.25, 0.3) is 0 Å². The number of hydrogen-bond acceptors (Lipinski definition) is 5. The maximum atomic E-state index is 14.0. The lowest BCUT2D eigenvalue weighted by atomic mass is 9.69. The first-order chi connectivity index (χ1) is 17.8. The summed E-state index contributed by atoms with van der Waals surface area (Å²) in [6.45, 7) is 7.75. The Balaban J connectivity index is 1.73. The van der Waals surface area contributed by atoms with Gasteiger partial charge in [0, 0.05) is 11.6 Å². The quantitative estimate of drug-likeness (QED) is 0.388. The lowest BCUT2D eigenvalue weighted by molar-refractivity contribution is -0.156. The van der Waals surface area contributed by atoms with E-state index in [1.54, 1.807) is 11.8 Å². The number of amides is 2. The van der Waals surface area contributed by atoms with Crippen LogP contribution < -0.4 is 5.32 Å². The molecule has 0 spiro atoms.